The van der Waals surface area contributed by atoms with Crippen LogP contribution in [0.4, 0.5) is 4.79 Å². The topological polar surface area (TPSA) is 123 Å². The summed E-state index contributed by atoms with van der Waals surface area (Å²) in [7, 11) is 1.18. The number of carbonyl (C=O) groups is 4. The van der Waals surface area contributed by atoms with Crippen molar-refractivity contribution in [1.29, 1.82) is 0 Å². The molecular formula is C13H21N3O6. The molecule has 124 valence electrons. The van der Waals surface area contributed by atoms with Gasteiger partial charge in [0.25, 0.3) is 5.91 Å². The summed E-state index contributed by atoms with van der Waals surface area (Å²) in [6.07, 6.45) is -0.831. The van der Waals surface area contributed by atoms with Crippen LogP contribution in [0.1, 0.15) is 20.8 Å². The Hall–Kier alpha value is -2.58. The van der Waals surface area contributed by atoms with Gasteiger partial charge in [-0.2, -0.15) is 0 Å². The zero-order chi connectivity index (χ0) is 17.3. The van der Waals surface area contributed by atoms with Gasteiger partial charge in [0.05, 0.1) is 13.7 Å². The molecule has 0 aromatic rings. The molecule has 0 atom stereocenters. The third-order valence-electron chi connectivity index (χ3n) is 1.99. The Kier molecular flexibility index (Phi) is 7.64. The number of methoxy groups -OCH3 is 1. The molecule has 3 amide bonds. The maximum absolute atomic E-state index is 11.6. The van der Waals surface area contributed by atoms with Gasteiger partial charge in [-0.05, 0) is 20.8 Å². The lowest BCUT2D eigenvalue weighted by Crippen LogP contribution is -2.42. The molecule has 22 heavy (non-hydrogen) atoms. The predicted molar refractivity (Wildman–Crippen MR) is 76.5 cm³/mol. The lowest BCUT2D eigenvalue weighted by atomic mass is 10.2. The number of hydrogen-bond donors (Lipinski definition) is 3. The molecule has 0 aromatic heterocycles. The quantitative estimate of drug-likeness (QED) is 0.445. The molecule has 0 aromatic carbocycles. The molecule has 0 heterocycles. The van der Waals surface area contributed by atoms with E-state index < -0.39 is 29.5 Å². The molecule has 0 aliphatic rings. The Morgan fingerprint density at radius 2 is 1.64 bits per heavy atom. The normalized spacial score (nSPS) is 10.2. The van der Waals surface area contributed by atoms with Crippen LogP contribution < -0.4 is 16.0 Å². The molecule has 3 N–H and O–H groups in total. The Labute approximate surface area is 128 Å². The van der Waals surface area contributed by atoms with Crippen molar-refractivity contribution in [2.45, 2.75) is 26.4 Å². The first-order valence-electron chi connectivity index (χ1n) is 6.35. The minimum atomic E-state index is -0.831. The van der Waals surface area contributed by atoms with Crippen molar-refractivity contribution in [3.05, 3.63) is 12.3 Å². The van der Waals surface area contributed by atoms with Gasteiger partial charge in [0.2, 0.25) is 5.91 Å². The zero-order valence-corrected chi connectivity index (χ0v) is 13.1. The van der Waals surface area contributed by atoms with Gasteiger partial charge in [0.15, 0.2) is 0 Å². The number of rotatable bonds is 6. The molecule has 0 aliphatic carbocycles. The van der Waals surface area contributed by atoms with Crippen LogP contribution in [0.15, 0.2) is 12.3 Å². The Bertz CT molecular complexity index is 467. The first kappa shape index (κ1) is 19.4. The first-order chi connectivity index (χ1) is 10.0. The summed E-state index contributed by atoms with van der Waals surface area (Å²) in [6, 6.07) is 0. The molecule has 0 aliphatic heterocycles. The smallest absolute Gasteiger partial charge is 0.412 e. The van der Waals surface area contributed by atoms with E-state index >= 15 is 0 Å². The summed E-state index contributed by atoms with van der Waals surface area (Å²) in [6.45, 7) is 7.68. The third kappa shape index (κ3) is 9.34. The molecule has 0 saturated heterocycles. The van der Waals surface area contributed by atoms with Crippen molar-refractivity contribution in [2.75, 3.05) is 20.2 Å². The maximum Gasteiger partial charge on any atom is 0.412 e. The van der Waals surface area contributed by atoms with E-state index in [0.29, 0.717) is 0 Å². The van der Waals surface area contributed by atoms with Crippen molar-refractivity contribution >= 4 is 23.9 Å². The summed E-state index contributed by atoms with van der Waals surface area (Å²) < 4.78 is 9.27. The second-order valence-electron chi connectivity index (χ2n) is 5.14. The summed E-state index contributed by atoms with van der Waals surface area (Å²) in [5, 5.41) is 6.59. The van der Waals surface area contributed by atoms with Crippen molar-refractivity contribution in [2.24, 2.45) is 0 Å². The molecule has 9 heteroatoms. The molecule has 0 rings (SSSR count). The minimum Gasteiger partial charge on any atom is -0.468 e. The van der Waals surface area contributed by atoms with Crippen molar-refractivity contribution < 1.29 is 28.7 Å². The fraction of sp³-hybridized carbons (Fsp3) is 0.538. The average molecular weight is 315 g/mol. The molecule has 9 nitrogen and oxygen atoms in total. The van der Waals surface area contributed by atoms with Crippen LogP contribution in [-0.4, -0.2) is 49.7 Å². The number of amides is 3. The van der Waals surface area contributed by atoms with E-state index in [-0.39, 0.29) is 18.8 Å². The summed E-state index contributed by atoms with van der Waals surface area (Å²) in [4.78, 5) is 45.1. The van der Waals surface area contributed by atoms with Gasteiger partial charge >= 0.3 is 12.1 Å². The van der Waals surface area contributed by atoms with E-state index in [2.05, 4.69) is 27.3 Å². The average Bonchev–Trinajstić information content (AvgIpc) is 2.39. The van der Waals surface area contributed by atoms with Crippen molar-refractivity contribution in [3.8, 4) is 0 Å². The van der Waals surface area contributed by atoms with Crippen molar-refractivity contribution in [1.82, 2.24) is 16.0 Å². The summed E-state index contributed by atoms with van der Waals surface area (Å²) in [5.41, 5.74) is -0.982. The van der Waals surface area contributed by atoms with E-state index in [0.717, 1.165) is 0 Å². The monoisotopic (exact) mass is 315 g/mol. The van der Waals surface area contributed by atoms with E-state index in [1.54, 1.807) is 20.8 Å². The van der Waals surface area contributed by atoms with Gasteiger partial charge in [0, 0.05) is 0 Å². The summed E-state index contributed by atoms with van der Waals surface area (Å²) in [5.74, 6) is -1.96. The minimum absolute atomic E-state index is 0.269. The largest absolute Gasteiger partial charge is 0.468 e. The number of carbonyl (C=O) groups excluding carboxylic acids is 4. The van der Waals surface area contributed by atoms with Crippen LogP contribution in [0.5, 0.6) is 0 Å². The highest BCUT2D eigenvalue weighted by Crippen LogP contribution is 2.06. The fourth-order valence-electron chi connectivity index (χ4n) is 1.06. The van der Waals surface area contributed by atoms with E-state index in [9.17, 15) is 19.2 Å². The van der Waals surface area contributed by atoms with Crippen LogP contribution in [0, 0.1) is 0 Å². The highest BCUT2D eigenvalue weighted by atomic mass is 16.6. The molecule has 0 radical (unpaired) electrons. The van der Waals surface area contributed by atoms with Crippen LogP contribution >= 0.6 is 0 Å². The van der Waals surface area contributed by atoms with Gasteiger partial charge in [-0.15, -0.1) is 0 Å². The van der Waals surface area contributed by atoms with Gasteiger partial charge < -0.3 is 20.1 Å². The molecule has 0 unspecified atom stereocenters. The predicted octanol–water partition coefficient (Wildman–Crippen LogP) is -0.570. The van der Waals surface area contributed by atoms with Gasteiger partial charge in [-0.25, -0.2) is 4.79 Å². The number of alkyl carbamates (subject to hydrolysis) is 1. The molecular weight excluding hydrogens is 294 g/mol. The Morgan fingerprint density at radius 3 is 2.14 bits per heavy atom. The highest BCUT2D eigenvalue weighted by Gasteiger charge is 2.18. The second kappa shape index (κ2) is 8.65. The molecule has 0 spiro atoms. The number of nitrogens with one attached hydrogen (secondary N) is 3. The lowest BCUT2D eigenvalue weighted by molar-refractivity contribution is -0.141. The lowest BCUT2D eigenvalue weighted by Gasteiger charge is -2.20. The molecule has 0 bridgehead atoms. The number of hydrogen-bond acceptors (Lipinski definition) is 6. The third-order valence-corrected chi connectivity index (χ3v) is 1.99. The van der Waals surface area contributed by atoms with E-state index in [1.165, 1.54) is 7.11 Å². The first-order valence-corrected chi connectivity index (χ1v) is 6.35. The van der Waals surface area contributed by atoms with Gasteiger partial charge in [-0.3, -0.25) is 19.7 Å². The van der Waals surface area contributed by atoms with Gasteiger partial charge in [0.1, 0.15) is 17.8 Å². The van der Waals surface area contributed by atoms with Crippen LogP contribution in [0.25, 0.3) is 0 Å². The number of ether oxygens (including phenoxy) is 2. The fourth-order valence-corrected chi connectivity index (χ4v) is 1.06. The number of esters is 1. The standard InChI is InChI=1S/C13H21N3O6/c1-8(16-12(20)22-13(2,3)4)11(19)15-6-9(17)14-7-10(18)21-5/h1,6-7H2,2-5H3,(H,14,17)(H,15,19)(H,16,20). The zero-order valence-electron chi connectivity index (χ0n) is 13.1. The van der Waals surface area contributed by atoms with Crippen molar-refractivity contribution in [3.63, 3.8) is 0 Å². The molecule has 0 saturated carbocycles. The van der Waals surface area contributed by atoms with Crippen LogP contribution in [-0.2, 0) is 23.9 Å². The van der Waals surface area contributed by atoms with Gasteiger partial charge in [-0.1, -0.05) is 6.58 Å². The Morgan fingerprint density at radius 1 is 1.05 bits per heavy atom. The van der Waals surface area contributed by atoms with E-state index in [4.69, 9.17) is 4.74 Å². The van der Waals surface area contributed by atoms with E-state index in [1.807, 2.05) is 0 Å². The van der Waals surface area contributed by atoms with Crippen LogP contribution in [0.3, 0.4) is 0 Å². The SMILES string of the molecule is C=C(NC(=O)OC(C)(C)C)C(=O)NCC(=O)NCC(=O)OC. The summed E-state index contributed by atoms with van der Waals surface area (Å²) >= 11 is 0. The van der Waals surface area contributed by atoms with Crippen LogP contribution in [0.2, 0.25) is 0 Å². The highest BCUT2D eigenvalue weighted by molar-refractivity contribution is 5.97. The second-order valence-corrected chi connectivity index (χ2v) is 5.14. The Balaban J connectivity index is 4.11. The molecule has 0 fully saturated rings. The maximum atomic E-state index is 11.6.